The van der Waals surface area contributed by atoms with Gasteiger partial charge in [0.05, 0.1) is 19.0 Å². The number of carbonyl (C=O) groups excluding carboxylic acids is 2. The van der Waals surface area contributed by atoms with Gasteiger partial charge in [-0.05, 0) is 49.2 Å². The first-order valence-electron chi connectivity index (χ1n) is 9.34. The van der Waals surface area contributed by atoms with E-state index in [1.807, 2.05) is 19.1 Å². The molecule has 6 nitrogen and oxygen atoms in total. The smallest absolute Gasteiger partial charge is 0.253 e. The minimum absolute atomic E-state index is 0.0153. The van der Waals surface area contributed by atoms with Crippen molar-refractivity contribution in [2.24, 2.45) is 0 Å². The van der Waals surface area contributed by atoms with Gasteiger partial charge in [-0.1, -0.05) is 6.07 Å². The van der Waals surface area contributed by atoms with E-state index in [0.29, 0.717) is 25.2 Å². The lowest BCUT2D eigenvalue weighted by molar-refractivity contribution is -0.158. The third kappa shape index (κ3) is 3.49. The Hall–Kier alpha value is -2.80. The van der Waals surface area contributed by atoms with E-state index in [2.05, 4.69) is 4.98 Å². The molecular weight excluding hydrogens is 361 g/mol. The highest BCUT2D eigenvalue weighted by Crippen LogP contribution is 2.36. The van der Waals surface area contributed by atoms with E-state index in [-0.39, 0.29) is 36.7 Å². The Morgan fingerprint density at radius 3 is 2.82 bits per heavy atom. The summed E-state index contributed by atoms with van der Waals surface area (Å²) in [6.45, 7) is 2.81. The van der Waals surface area contributed by atoms with Crippen LogP contribution >= 0.6 is 0 Å². The predicted molar refractivity (Wildman–Crippen MR) is 101 cm³/mol. The van der Waals surface area contributed by atoms with Gasteiger partial charge >= 0.3 is 0 Å². The summed E-state index contributed by atoms with van der Waals surface area (Å²) in [4.78, 5) is 32.9. The van der Waals surface area contributed by atoms with Crippen molar-refractivity contribution in [3.8, 4) is 0 Å². The molecule has 0 unspecified atom stereocenters. The molecule has 2 aliphatic rings. The summed E-state index contributed by atoms with van der Waals surface area (Å²) in [5.41, 5.74) is 0.846. The van der Waals surface area contributed by atoms with Crippen molar-refractivity contribution in [1.29, 1.82) is 0 Å². The Labute approximate surface area is 162 Å². The number of anilines is 1. The lowest BCUT2D eigenvalue weighted by Gasteiger charge is -2.52. The molecular formula is C21H22FN3O3. The number of piperidine rings is 1. The highest BCUT2D eigenvalue weighted by Gasteiger charge is 2.50. The summed E-state index contributed by atoms with van der Waals surface area (Å²) in [6.07, 6.45) is 4.25. The third-order valence-electron chi connectivity index (χ3n) is 5.52. The number of morpholine rings is 1. The Bertz CT molecular complexity index is 874. The number of rotatable bonds is 3. The van der Waals surface area contributed by atoms with Crippen LogP contribution in [0.5, 0.6) is 0 Å². The van der Waals surface area contributed by atoms with Crippen LogP contribution in [-0.2, 0) is 20.7 Å². The normalized spacial score (nSPS) is 24.8. The molecule has 2 aliphatic heterocycles. The van der Waals surface area contributed by atoms with Gasteiger partial charge in [-0.15, -0.1) is 0 Å². The summed E-state index contributed by atoms with van der Waals surface area (Å²) < 4.78 is 19.2. The molecule has 0 N–H and O–H groups in total. The molecule has 3 heterocycles. The fraction of sp³-hybridized carbons (Fsp3) is 0.381. The zero-order valence-electron chi connectivity index (χ0n) is 15.7. The molecule has 28 heavy (non-hydrogen) atoms. The lowest BCUT2D eigenvalue weighted by Crippen LogP contribution is -2.68. The van der Waals surface area contributed by atoms with Gasteiger partial charge in [0.25, 0.3) is 5.91 Å². The molecule has 1 aromatic heterocycles. The standard InChI is InChI=1S/C21H22FN3O3/c1-21-14-24(19(26)11-15-3-2-9-23-12-15)10-8-18(21)25(20(27)13-28-21)17-6-4-16(22)5-7-17/h2-7,9,12,18H,8,10-11,13-14H2,1H3/t18-,21-/m1/s1. The van der Waals surface area contributed by atoms with Crippen molar-refractivity contribution in [3.05, 3.63) is 60.2 Å². The highest BCUT2D eigenvalue weighted by molar-refractivity contribution is 5.96. The van der Waals surface area contributed by atoms with Crippen LogP contribution in [0.3, 0.4) is 0 Å². The minimum atomic E-state index is -0.675. The first-order chi connectivity index (χ1) is 13.5. The number of benzene rings is 1. The first-order valence-corrected chi connectivity index (χ1v) is 9.34. The van der Waals surface area contributed by atoms with E-state index in [9.17, 15) is 14.0 Å². The number of fused-ring (bicyclic) bond motifs is 1. The number of amides is 2. The summed E-state index contributed by atoms with van der Waals surface area (Å²) in [5.74, 6) is -0.478. The van der Waals surface area contributed by atoms with Gasteiger partial charge in [0.2, 0.25) is 5.91 Å². The molecule has 2 amide bonds. The van der Waals surface area contributed by atoms with Crippen LogP contribution in [0.1, 0.15) is 18.9 Å². The number of hydrogen-bond acceptors (Lipinski definition) is 4. The molecule has 0 radical (unpaired) electrons. The van der Waals surface area contributed by atoms with Crippen LogP contribution in [0.2, 0.25) is 0 Å². The maximum absolute atomic E-state index is 13.3. The lowest BCUT2D eigenvalue weighted by atomic mass is 9.85. The van der Waals surface area contributed by atoms with Gasteiger partial charge in [0, 0.05) is 24.6 Å². The number of hydrogen-bond donors (Lipinski definition) is 0. The Morgan fingerprint density at radius 2 is 2.11 bits per heavy atom. The molecule has 146 valence electrons. The predicted octanol–water partition coefficient (Wildman–Crippen LogP) is 2.19. The average Bonchev–Trinajstić information content (AvgIpc) is 2.69. The zero-order valence-corrected chi connectivity index (χ0v) is 15.7. The summed E-state index contributed by atoms with van der Waals surface area (Å²) >= 11 is 0. The highest BCUT2D eigenvalue weighted by atomic mass is 19.1. The fourth-order valence-electron chi connectivity index (χ4n) is 4.09. The van der Waals surface area contributed by atoms with Crippen LogP contribution < -0.4 is 4.90 Å². The van der Waals surface area contributed by atoms with Gasteiger partial charge in [-0.25, -0.2) is 4.39 Å². The number of halogens is 1. The second-order valence-corrected chi connectivity index (χ2v) is 7.50. The van der Waals surface area contributed by atoms with Crippen molar-refractivity contribution < 1.29 is 18.7 Å². The van der Waals surface area contributed by atoms with Crippen molar-refractivity contribution >= 4 is 17.5 Å². The maximum Gasteiger partial charge on any atom is 0.253 e. The second-order valence-electron chi connectivity index (χ2n) is 7.50. The van der Waals surface area contributed by atoms with Crippen molar-refractivity contribution in [2.45, 2.75) is 31.4 Å². The van der Waals surface area contributed by atoms with E-state index in [1.165, 1.54) is 12.1 Å². The summed E-state index contributed by atoms with van der Waals surface area (Å²) in [6, 6.07) is 9.40. The number of aromatic nitrogens is 1. The molecule has 1 aromatic carbocycles. The Kier molecular flexibility index (Phi) is 4.85. The number of nitrogens with zero attached hydrogens (tertiary/aromatic N) is 3. The summed E-state index contributed by atoms with van der Waals surface area (Å²) in [7, 11) is 0. The van der Waals surface area contributed by atoms with Crippen LogP contribution in [-0.4, -0.2) is 53.0 Å². The number of pyridine rings is 1. The average molecular weight is 383 g/mol. The Morgan fingerprint density at radius 1 is 1.32 bits per heavy atom. The topological polar surface area (TPSA) is 62.7 Å². The van der Waals surface area contributed by atoms with Crippen molar-refractivity contribution in [3.63, 3.8) is 0 Å². The van der Waals surface area contributed by atoms with E-state index in [0.717, 1.165) is 5.56 Å². The van der Waals surface area contributed by atoms with Gasteiger partial charge in [0.15, 0.2) is 0 Å². The van der Waals surface area contributed by atoms with E-state index >= 15 is 0 Å². The van der Waals surface area contributed by atoms with Crippen molar-refractivity contribution in [1.82, 2.24) is 9.88 Å². The molecule has 2 fully saturated rings. The van der Waals surface area contributed by atoms with Crippen LogP contribution in [0.4, 0.5) is 10.1 Å². The fourth-order valence-corrected chi connectivity index (χ4v) is 4.09. The van der Waals surface area contributed by atoms with Gasteiger partial charge in [-0.3, -0.25) is 14.6 Å². The first kappa shape index (κ1) is 18.6. The molecule has 2 atom stereocenters. The van der Waals surface area contributed by atoms with Crippen LogP contribution in [0.25, 0.3) is 0 Å². The molecule has 0 aliphatic carbocycles. The monoisotopic (exact) mass is 383 g/mol. The minimum Gasteiger partial charge on any atom is -0.361 e. The molecule has 7 heteroatoms. The van der Waals surface area contributed by atoms with Crippen LogP contribution in [0, 0.1) is 5.82 Å². The second kappa shape index (κ2) is 7.31. The number of carbonyl (C=O) groups is 2. The van der Waals surface area contributed by atoms with Gasteiger partial charge in [0.1, 0.15) is 18.0 Å². The van der Waals surface area contributed by atoms with Gasteiger partial charge in [-0.2, -0.15) is 0 Å². The van der Waals surface area contributed by atoms with E-state index in [4.69, 9.17) is 4.74 Å². The molecule has 0 bridgehead atoms. The van der Waals surface area contributed by atoms with Gasteiger partial charge < -0.3 is 14.5 Å². The molecule has 2 saturated heterocycles. The largest absolute Gasteiger partial charge is 0.361 e. The number of likely N-dealkylation sites (tertiary alicyclic amines) is 1. The maximum atomic E-state index is 13.3. The molecule has 2 aromatic rings. The van der Waals surface area contributed by atoms with Crippen LogP contribution in [0.15, 0.2) is 48.8 Å². The zero-order chi connectivity index (χ0) is 19.7. The molecule has 0 saturated carbocycles. The van der Waals surface area contributed by atoms with Crippen molar-refractivity contribution in [2.75, 3.05) is 24.6 Å². The molecule has 4 rings (SSSR count). The SMILES string of the molecule is C[C@@]12CN(C(=O)Cc3cccnc3)CC[C@H]1N(c1ccc(F)cc1)C(=O)CO2. The molecule has 0 spiro atoms. The van der Waals surface area contributed by atoms with E-state index < -0.39 is 5.60 Å². The van der Waals surface area contributed by atoms with E-state index in [1.54, 1.807) is 34.3 Å². The summed E-state index contributed by atoms with van der Waals surface area (Å²) in [5, 5.41) is 0. The quantitative estimate of drug-likeness (QED) is 0.815. The third-order valence-corrected chi connectivity index (χ3v) is 5.52. The number of ether oxygens (including phenoxy) is 1. The Balaban J connectivity index is 1.52.